The minimum absolute atomic E-state index is 0. The van der Waals surface area contributed by atoms with Crippen molar-refractivity contribution in [1.82, 2.24) is 0 Å². The van der Waals surface area contributed by atoms with Crippen LogP contribution in [-0.2, 0) is 38.7 Å². The summed E-state index contributed by atoms with van der Waals surface area (Å²) < 4.78 is 0. The fraction of sp³-hybridized carbons (Fsp3) is 0.615. The Balaban J connectivity index is 0.000000529. The number of hydrogen-bond donors (Lipinski definition) is 0. The van der Waals surface area contributed by atoms with Crippen molar-refractivity contribution in [1.29, 1.82) is 0 Å². The van der Waals surface area contributed by atoms with Gasteiger partial charge in [0.1, 0.15) is 0 Å². The molecule has 2 aromatic carbocycles. The molecular formula is C26H42Cl2HfSi2. The molecule has 0 saturated carbocycles. The van der Waals surface area contributed by atoms with Crippen LogP contribution in [0.5, 0.6) is 0 Å². The maximum Gasteiger partial charge on any atom is 4.00 e. The Hall–Kier alpha value is 0.584. The average molecular weight is 660 g/mol. The van der Waals surface area contributed by atoms with Gasteiger partial charge in [-0.05, 0) is 0 Å². The molecule has 0 nitrogen and oxygen atoms in total. The van der Waals surface area contributed by atoms with E-state index in [9.17, 15) is 0 Å². The second-order valence-corrected chi connectivity index (χ2v) is 18.8. The van der Waals surface area contributed by atoms with E-state index in [1.54, 1.807) is 45.7 Å². The first-order valence-electron chi connectivity index (χ1n) is 12.1. The van der Waals surface area contributed by atoms with Gasteiger partial charge in [0.2, 0.25) is 0 Å². The van der Waals surface area contributed by atoms with E-state index in [0.29, 0.717) is 0 Å². The Morgan fingerprint density at radius 1 is 0.677 bits per heavy atom. The van der Waals surface area contributed by atoms with Gasteiger partial charge in [0, 0.05) is 16.1 Å². The van der Waals surface area contributed by atoms with Crippen molar-refractivity contribution in [2.24, 2.45) is 0 Å². The predicted molar refractivity (Wildman–Crippen MR) is 132 cm³/mol. The van der Waals surface area contributed by atoms with E-state index in [2.05, 4.69) is 64.1 Å². The summed E-state index contributed by atoms with van der Waals surface area (Å²) in [5, 5.41) is 3.53. The van der Waals surface area contributed by atoms with Crippen LogP contribution in [0.2, 0.25) is 36.3 Å². The van der Waals surface area contributed by atoms with Gasteiger partial charge in [-0.15, -0.1) is 0 Å². The Morgan fingerprint density at radius 2 is 1.03 bits per heavy atom. The van der Waals surface area contributed by atoms with E-state index in [1.807, 2.05) is 0 Å². The second kappa shape index (κ2) is 14.8. The predicted octanol–water partition coefficient (Wildman–Crippen LogP) is 0.880. The van der Waals surface area contributed by atoms with E-state index in [1.165, 1.54) is 50.6 Å². The normalized spacial score (nSPS) is 17.4. The zero-order valence-electron chi connectivity index (χ0n) is 20.2. The van der Waals surface area contributed by atoms with E-state index in [4.69, 9.17) is 0 Å². The Morgan fingerprint density at radius 3 is 1.23 bits per heavy atom. The summed E-state index contributed by atoms with van der Waals surface area (Å²) in [4.78, 5) is 0. The first-order valence-corrected chi connectivity index (χ1v) is 17.4. The smallest absolute Gasteiger partial charge is 1.00 e. The van der Waals surface area contributed by atoms with Crippen LogP contribution in [0.1, 0.15) is 64.5 Å². The number of halogens is 2. The van der Waals surface area contributed by atoms with Crippen molar-refractivity contribution in [3.63, 3.8) is 0 Å². The molecule has 2 heterocycles. The molecule has 172 valence electrons. The molecule has 2 aliphatic rings. The summed E-state index contributed by atoms with van der Waals surface area (Å²) in [5.74, 6) is 0. The Labute approximate surface area is 225 Å². The quantitative estimate of drug-likeness (QED) is 0.292. The zero-order valence-corrected chi connectivity index (χ0v) is 27.3. The van der Waals surface area contributed by atoms with Crippen molar-refractivity contribution < 1.29 is 50.7 Å². The van der Waals surface area contributed by atoms with Crippen LogP contribution in [0.3, 0.4) is 0 Å². The third-order valence-electron chi connectivity index (χ3n) is 7.76. The van der Waals surface area contributed by atoms with Crippen molar-refractivity contribution in [2.45, 2.75) is 102 Å². The molecule has 0 atom stereocenters. The third kappa shape index (κ3) is 7.28. The summed E-state index contributed by atoms with van der Waals surface area (Å²) in [6, 6.07) is 23.9. The maximum absolute atomic E-state index is 2.50. The van der Waals surface area contributed by atoms with Crippen LogP contribution < -0.4 is 35.2 Å². The fourth-order valence-electron chi connectivity index (χ4n) is 5.62. The Kier molecular flexibility index (Phi) is 15.0. The molecule has 31 heavy (non-hydrogen) atoms. The SMILES string of the molecule is CCC[Si]1(c2cc[c-](CC)c2)CCC1.CCC[Si]1(c2cc[c-](CC)c2)CCC1.[Cl-].[Cl-].[Hf+4]. The van der Waals surface area contributed by atoms with E-state index < -0.39 is 16.1 Å². The first-order chi connectivity index (χ1) is 13.6. The van der Waals surface area contributed by atoms with Crippen molar-refractivity contribution in [2.75, 3.05) is 0 Å². The van der Waals surface area contributed by atoms with E-state index >= 15 is 0 Å². The van der Waals surface area contributed by atoms with Crippen molar-refractivity contribution in [3.8, 4) is 0 Å². The number of rotatable bonds is 8. The molecule has 2 saturated heterocycles. The molecule has 0 aromatic heterocycles. The molecule has 5 heteroatoms. The average Bonchev–Trinajstić information content (AvgIpc) is 3.31. The third-order valence-corrected chi connectivity index (χ3v) is 19.0. The summed E-state index contributed by atoms with van der Waals surface area (Å²) in [7, 11) is -1.83. The fourth-order valence-corrected chi connectivity index (χ4v) is 14.5. The topological polar surface area (TPSA) is 0 Å². The van der Waals surface area contributed by atoms with Gasteiger partial charge in [-0.3, -0.25) is 0 Å². The van der Waals surface area contributed by atoms with E-state index in [0.717, 1.165) is 0 Å². The molecule has 0 amide bonds. The molecule has 0 spiro atoms. The second-order valence-electron chi connectivity index (χ2n) is 9.49. The molecule has 4 rings (SSSR count). The molecule has 0 bridgehead atoms. The summed E-state index contributed by atoms with van der Waals surface area (Å²) >= 11 is 0. The molecule has 0 N–H and O–H groups in total. The van der Waals surface area contributed by atoms with Gasteiger partial charge in [-0.2, -0.15) is 35.4 Å². The van der Waals surface area contributed by atoms with Crippen LogP contribution in [0.4, 0.5) is 0 Å². The first kappa shape index (κ1) is 31.6. The van der Waals surface area contributed by atoms with Crippen molar-refractivity contribution in [3.05, 3.63) is 47.5 Å². The summed E-state index contributed by atoms with van der Waals surface area (Å²) in [6.07, 6.45) is 8.18. The van der Waals surface area contributed by atoms with Crippen LogP contribution in [0, 0.1) is 0 Å². The van der Waals surface area contributed by atoms with Crippen molar-refractivity contribution >= 4 is 26.5 Å². The van der Waals surface area contributed by atoms with Gasteiger partial charge < -0.3 is 24.8 Å². The molecule has 2 fully saturated rings. The van der Waals surface area contributed by atoms with Crippen LogP contribution >= 0.6 is 0 Å². The van der Waals surface area contributed by atoms with Gasteiger partial charge in [-0.25, -0.2) is 22.5 Å². The van der Waals surface area contributed by atoms with Crippen LogP contribution in [0.25, 0.3) is 0 Å². The van der Waals surface area contributed by atoms with Gasteiger partial charge in [0.15, 0.2) is 0 Å². The zero-order chi connectivity index (χ0) is 20.0. The summed E-state index contributed by atoms with van der Waals surface area (Å²) in [5.41, 5.74) is 3.10. The molecule has 2 aromatic rings. The Bertz CT molecular complexity index is 667. The summed E-state index contributed by atoms with van der Waals surface area (Å²) in [6.45, 7) is 9.20. The minimum Gasteiger partial charge on any atom is -1.00 e. The monoisotopic (exact) mass is 660 g/mol. The number of aryl methyl sites for hydroxylation is 2. The van der Waals surface area contributed by atoms with Gasteiger partial charge >= 0.3 is 25.8 Å². The van der Waals surface area contributed by atoms with E-state index in [-0.39, 0.29) is 50.7 Å². The molecule has 2 aliphatic heterocycles. The van der Waals surface area contributed by atoms with Gasteiger partial charge in [-0.1, -0.05) is 102 Å². The van der Waals surface area contributed by atoms with Gasteiger partial charge in [0.25, 0.3) is 0 Å². The molecule has 0 radical (unpaired) electrons. The largest absolute Gasteiger partial charge is 4.00 e. The number of hydrogen-bond acceptors (Lipinski definition) is 0. The molecular weight excluding hydrogens is 618 g/mol. The van der Waals surface area contributed by atoms with Crippen LogP contribution in [0.15, 0.2) is 36.4 Å². The van der Waals surface area contributed by atoms with Gasteiger partial charge in [0.05, 0.1) is 0 Å². The standard InChI is InChI=1S/2C13H21Si.2ClH.Hf/c2*1-3-8-14(9-5-10-14)13-7-6-12(4-2)11-13;;;/h2*6-7,11H,3-5,8-10H2,1-2H3;2*1H;/q2*-1;;;+4/p-2. The molecule has 0 unspecified atom stereocenters. The van der Waals surface area contributed by atoms with Crippen LogP contribution in [-0.4, -0.2) is 16.1 Å². The molecule has 0 aliphatic carbocycles. The maximum atomic E-state index is 2.50. The minimum atomic E-state index is -0.914.